The Morgan fingerprint density at radius 3 is 2.60 bits per heavy atom. The van der Waals surface area contributed by atoms with Crippen LogP contribution in [0.15, 0.2) is 70.2 Å². The molecule has 1 amide bonds. The van der Waals surface area contributed by atoms with Crippen LogP contribution in [0.3, 0.4) is 0 Å². The second kappa shape index (κ2) is 9.44. The quantitative estimate of drug-likeness (QED) is 0.317. The fourth-order valence-electron chi connectivity index (χ4n) is 3.78. The molecule has 5 rings (SSSR count). The second-order valence-electron chi connectivity index (χ2n) is 8.31. The van der Waals surface area contributed by atoms with Crippen molar-refractivity contribution in [2.75, 3.05) is 18.6 Å². The second-order valence-corrected chi connectivity index (χ2v) is 11.3. The van der Waals surface area contributed by atoms with Gasteiger partial charge in [0, 0.05) is 18.7 Å². The van der Waals surface area contributed by atoms with Gasteiger partial charge in [-0.3, -0.25) is 9.69 Å². The first-order valence-electron chi connectivity index (χ1n) is 11.3. The van der Waals surface area contributed by atoms with Gasteiger partial charge in [0.2, 0.25) is 10.0 Å². The fourth-order valence-corrected chi connectivity index (χ4v) is 6.18. The average molecular weight is 512 g/mol. The number of benzene rings is 2. The van der Waals surface area contributed by atoms with Crippen LogP contribution < -0.4 is 9.64 Å². The van der Waals surface area contributed by atoms with E-state index in [1.54, 1.807) is 42.5 Å². The minimum absolute atomic E-state index is 0.0624. The van der Waals surface area contributed by atoms with E-state index in [2.05, 4.69) is 4.98 Å². The summed E-state index contributed by atoms with van der Waals surface area (Å²) in [5.41, 5.74) is 1.12. The summed E-state index contributed by atoms with van der Waals surface area (Å²) < 4.78 is 39.1. The highest BCUT2D eigenvalue weighted by Crippen LogP contribution is 2.34. The number of anilines is 1. The Morgan fingerprint density at radius 1 is 1.17 bits per heavy atom. The summed E-state index contributed by atoms with van der Waals surface area (Å²) in [7, 11) is -1.99. The van der Waals surface area contributed by atoms with Crippen molar-refractivity contribution in [2.24, 2.45) is 0 Å². The van der Waals surface area contributed by atoms with Crippen LogP contribution in [0.5, 0.6) is 5.75 Å². The Kier molecular flexibility index (Phi) is 6.35. The Labute approximate surface area is 207 Å². The van der Waals surface area contributed by atoms with Crippen LogP contribution >= 0.6 is 11.3 Å². The summed E-state index contributed by atoms with van der Waals surface area (Å²) in [6, 6.07) is 15.3. The molecule has 0 aliphatic heterocycles. The molecule has 4 aromatic rings. The largest absolute Gasteiger partial charge is 0.494 e. The third-order valence-corrected chi connectivity index (χ3v) is 8.83. The molecular formula is C25H25N3O5S2. The van der Waals surface area contributed by atoms with Crippen molar-refractivity contribution in [1.82, 2.24) is 9.29 Å². The standard InChI is InChI=1S/C25H25N3O5S2/c1-3-32-19-10-13-22-23(15-19)34-25(26-22)28(16-20-5-4-14-33-20)24(29)17-6-11-21(12-7-17)35(30,31)27(2)18-8-9-18/h4-7,10-15,18H,3,8-9,16H2,1-2H3. The zero-order valence-corrected chi connectivity index (χ0v) is 21.0. The van der Waals surface area contributed by atoms with E-state index in [0.29, 0.717) is 23.1 Å². The molecule has 0 N–H and O–H groups in total. The summed E-state index contributed by atoms with van der Waals surface area (Å²) in [5, 5.41) is 0.514. The molecule has 0 saturated heterocycles. The van der Waals surface area contributed by atoms with E-state index in [0.717, 1.165) is 28.8 Å². The molecule has 1 saturated carbocycles. The number of amides is 1. The number of hydrogen-bond acceptors (Lipinski definition) is 7. The van der Waals surface area contributed by atoms with Crippen molar-refractivity contribution in [2.45, 2.75) is 37.2 Å². The van der Waals surface area contributed by atoms with Gasteiger partial charge in [0.25, 0.3) is 5.91 Å². The summed E-state index contributed by atoms with van der Waals surface area (Å²) in [5.74, 6) is 1.05. The lowest BCUT2D eigenvalue weighted by Crippen LogP contribution is -2.31. The summed E-state index contributed by atoms with van der Waals surface area (Å²) in [4.78, 5) is 20.0. The Balaban J connectivity index is 1.46. The maximum absolute atomic E-state index is 13.6. The van der Waals surface area contributed by atoms with E-state index < -0.39 is 10.0 Å². The van der Waals surface area contributed by atoms with E-state index in [-0.39, 0.29) is 23.4 Å². The van der Waals surface area contributed by atoms with Crippen LogP contribution in [-0.2, 0) is 16.6 Å². The number of ether oxygens (including phenoxy) is 1. The number of aromatic nitrogens is 1. The highest BCUT2D eigenvalue weighted by molar-refractivity contribution is 7.89. The highest BCUT2D eigenvalue weighted by Gasteiger charge is 2.35. The number of rotatable bonds is 9. The average Bonchev–Trinajstić information content (AvgIpc) is 3.41. The number of furan rings is 1. The van der Waals surface area contributed by atoms with Crippen LogP contribution in [0.1, 0.15) is 35.9 Å². The Hall–Kier alpha value is -3.21. The molecule has 0 radical (unpaired) electrons. The Bertz CT molecular complexity index is 1440. The SMILES string of the molecule is CCOc1ccc2nc(N(Cc3ccco3)C(=O)c3ccc(S(=O)(=O)N(C)C4CC4)cc3)sc2c1. The third-order valence-electron chi connectivity index (χ3n) is 5.87. The van der Waals surface area contributed by atoms with E-state index in [4.69, 9.17) is 9.15 Å². The number of hydrogen-bond donors (Lipinski definition) is 0. The highest BCUT2D eigenvalue weighted by atomic mass is 32.2. The van der Waals surface area contributed by atoms with Gasteiger partial charge in [-0.15, -0.1) is 0 Å². The van der Waals surface area contributed by atoms with Gasteiger partial charge >= 0.3 is 0 Å². The molecule has 10 heteroatoms. The number of thiazole rings is 1. The van der Waals surface area contributed by atoms with E-state index >= 15 is 0 Å². The Morgan fingerprint density at radius 2 is 1.94 bits per heavy atom. The first-order chi connectivity index (χ1) is 16.9. The van der Waals surface area contributed by atoms with E-state index in [9.17, 15) is 13.2 Å². The first kappa shape index (κ1) is 23.5. The molecule has 35 heavy (non-hydrogen) atoms. The van der Waals surface area contributed by atoms with Gasteiger partial charge in [-0.25, -0.2) is 13.4 Å². The van der Waals surface area contributed by atoms with Crippen LogP contribution in [0.2, 0.25) is 0 Å². The third kappa shape index (κ3) is 4.82. The van der Waals surface area contributed by atoms with Crippen molar-refractivity contribution in [3.05, 3.63) is 72.2 Å². The van der Waals surface area contributed by atoms with Crippen molar-refractivity contribution < 1.29 is 22.4 Å². The van der Waals surface area contributed by atoms with Crippen molar-refractivity contribution >= 4 is 42.6 Å². The molecule has 1 aliphatic rings. The van der Waals surface area contributed by atoms with Gasteiger partial charge in [-0.05, 0) is 74.4 Å². The molecule has 2 aromatic heterocycles. The van der Waals surface area contributed by atoms with Crippen LogP contribution in [0, 0.1) is 0 Å². The smallest absolute Gasteiger partial charge is 0.260 e. The van der Waals surface area contributed by atoms with Crippen LogP contribution in [0.25, 0.3) is 10.2 Å². The molecular weight excluding hydrogens is 486 g/mol. The maximum atomic E-state index is 13.6. The number of nitrogens with zero attached hydrogens (tertiary/aromatic N) is 3. The molecule has 1 aliphatic carbocycles. The van der Waals surface area contributed by atoms with Crippen LogP contribution in [-0.4, -0.2) is 43.3 Å². The van der Waals surface area contributed by atoms with E-state index in [1.165, 1.54) is 27.8 Å². The maximum Gasteiger partial charge on any atom is 0.260 e. The van der Waals surface area contributed by atoms with Crippen molar-refractivity contribution in [3.8, 4) is 5.75 Å². The van der Waals surface area contributed by atoms with Gasteiger partial charge in [-0.2, -0.15) is 4.31 Å². The molecule has 0 unspecified atom stereocenters. The zero-order chi connectivity index (χ0) is 24.6. The summed E-state index contributed by atoms with van der Waals surface area (Å²) in [6.07, 6.45) is 3.31. The number of fused-ring (bicyclic) bond motifs is 1. The lowest BCUT2D eigenvalue weighted by molar-refractivity contribution is 0.0983. The predicted molar refractivity (Wildman–Crippen MR) is 134 cm³/mol. The lowest BCUT2D eigenvalue weighted by atomic mass is 10.2. The fraction of sp³-hybridized carbons (Fsp3) is 0.280. The zero-order valence-electron chi connectivity index (χ0n) is 19.4. The molecule has 0 spiro atoms. The molecule has 2 aromatic carbocycles. The molecule has 182 valence electrons. The lowest BCUT2D eigenvalue weighted by Gasteiger charge is -2.19. The normalized spacial score (nSPS) is 13.9. The van der Waals surface area contributed by atoms with Gasteiger partial charge < -0.3 is 9.15 Å². The monoisotopic (exact) mass is 511 g/mol. The number of carbonyl (C=O) groups excluding carboxylic acids is 1. The number of sulfonamides is 1. The predicted octanol–water partition coefficient (Wildman–Crippen LogP) is 4.92. The molecule has 0 atom stereocenters. The van der Waals surface area contributed by atoms with Crippen molar-refractivity contribution in [3.63, 3.8) is 0 Å². The van der Waals surface area contributed by atoms with Crippen molar-refractivity contribution in [1.29, 1.82) is 0 Å². The van der Waals surface area contributed by atoms with Gasteiger partial charge in [-0.1, -0.05) is 11.3 Å². The van der Waals surface area contributed by atoms with Gasteiger partial charge in [0.1, 0.15) is 11.5 Å². The molecule has 2 heterocycles. The number of carbonyl (C=O) groups is 1. The molecule has 1 fully saturated rings. The first-order valence-corrected chi connectivity index (χ1v) is 13.6. The van der Waals surface area contributed by atoms with Gasteiger partial charge in [0.15, 0.2) is 5.13 Å². The minimum atomic E-state index is -3.59. The van der Waals surface area contributed by atoms with Crippen LogP contribution in [0.4, 0.5) is 5.13 Å². The summed E-state index contributed by atoms with van der Waals surface area (Å²) >= 11 is 1.38. The molecule has 8 nitrogen and oxygen atoms in total. The van der Waals surface area contributed by atoms with E-state index in [1.807, 2.05) is 25.1 Å². The summed E-state index contributed by atoms with van der Waals surface area (Å²) in [6.45, 7) is 2.67. The minimum Gasteiger partial charge on any atom is -0.494 e. The topological polar surface area (TPSA) is 93.0 Å². The molecule has 0 bridgehead atoms. The van der Waals surface area contributed by atoms with Gasteiger partial charge in [0.05, 0.1) is 34.5 Å².